The first-order valence-corrected chi connectivity index (χ1v) is 7.13. The Labute approximate surface area is 117 Å². The number of ketones is 2. The molecule has 0 rings (SSSR count). The second kappa shape index (κ2) is 17.3. The number of Topliss-reactive ketones (excluding diaryl/α,β-unsaturated/α-hetero) is 2. The van der Waals surface area contributed by atoms with Crippen molar-refractivity contribution in [3.8, 4) is 0 Å². The lowest BCUT2D eigenvalue weighted by Crippen LogP contribution is -1.92. The molecule has 0 aromatic carbocycles. The first kappa shape index (κ1) is 20.6. The summed E-state index contributed by atoms with van der Waals surface area (Å²) in [6.45, 7) is 4.30. The third-order valence-corrected chi connectivity index (χ3v) is 2.56. The van der Waals surface area contributed by atoms with Crippen LogP contribution in [0.25, 0.3) is 0 Å². The predicted octanol–water partition coefficient (Wildman–Crippen LogP) is 2.91. The lowest BCUT2D eigenvalue weighted by Gasteiger charge is -1.96. The van der Waals surface area contributed by atoms with Gasteiger partial charge in [0.25, 0.3) is 0 Å². The van der Waals surface area contributed by atoms with Gasteiger partial charge in [-0.1, -0.05) is 12.8 Å². The van der Waals surface area contributed by atoms with Gasteiger partial charge >= 0.3 is 0 Å². The van der Waals surface area contributed by atoms with E-state index in [2.05, 4.69) is 0 Å². The fourth-order valence-electron chi connectivity index (χ4n) is 1.46. The van der Waals surface area contributed by atoms with Gasteiger partial charge in [0.1, 0.15) is 11.6 Å². The Balaban J connectivity index is 0. The van der Waals surface area contributed by atoms with Crippen LogP contribution in [0.4, 0.5) is 0 Å². The maximum absolute atomic E-state index is 10.4. The van der Waals surface area contributed by atoms with Crippen molar-refractivity contribution < 1.29 is 19.4 Å². The molecule has 0 bridgehead atoms. The number of hydrogen-bond donors (Lipinski definition) is 1. The summed E-state index contributed by atoms with van der Waals surface area (Å²) in [7, 11) is 1.70. The van der Waals surface area contributed by atoms with E-state index in [0.717, 1.165) is 51.6 Å². The van der Waals surface area contributed by atoms with E-state index < -0.39 is 0 Å². The minimum atomic E-state index is 0.243. The SMILES string of the molecule is CC(=O)CCCCCO.COCCCCCC(C)=O. The number of rotatable bonds is 11. The molecule has 0 heterocycles. The molecular formula is C15H30O4. The largest absolute Gasteiger partial charge is 0.396 e. The van der Waals surface area contributed by atoms with Crippen LogP contribution in [0.1, 0.15) is 65.2 Å². The van der Waals surface area contributed by atoms with Crippen LogP contribution in [0.15, 0.2) is 0 Å². The molecule has 19 heavy (non-hydrogen) atoms. The van der Waals surface area contributed by atoms with Gasteiger partial charge in [-0.25, -0.2) is 0 Å². The Kier molecular flexibility index (Phi) is 18.7. The van der Waals surface area contributed by atoms with Gasteiger partial charge in [0.15, 0.2) is 0 Å². The molecule has 0 atom stereocenters. The summed E-state index contributed by atoms with van der Waals surface area (Å²) in [6, 6.07) is 0. The maximum Gasteiger partial charge on any atom is 0.129 e. The molecule has 0 fully saturated rings. The number of ether oxygens (including phenoxy) is 1. The fourth-order valence-corrected chi connectivity index (χ4v) is 1.46. The zero-order valence-corrected chi connectivity index (χ0v) is 12.7. The zero-order valence-electron chi connectivity index (χ0n) is 12.7. The molecule has 0 aliphatic rings. The molecule has 0 radical (unpaired) electrons. The van der Waals surface area contributed by atoms with Crippen molar-refractivity contribution in [2.24, 2.45) is 0 Å². The van der Waals surface area contributed by atoms with Crippen LogP contribution in [-0.2, 0) is 14.3 Å². The van der Waals surface area contributed by atoms with E-state index in [1.54, 1.807) is 21.0 Å². The van der Waals surface area contributed by atoms with Crippen molar-refractivity contribution >= 4 is 11.6 Å². The summed E-state index contributed by atoms with van der Waals surface area (Å²) in [5.74, 6) is 0.533. The summed E-state index contributed by atoms with van der Waals surface area (Å²) in [5.41, 5.74) is 0. The third-order valence-electron chi connectivity index (χ3n) is 2.56. The van der Waals surface area contributed by atoms with Crippen molar-refractivity contribution in [3.63, 3.8) is 0 Å². The van der Waals surface area contributed by atoms with E-state index in [-0.39, 0.29) is 18.2 Å². The molecule has 0 saturated carbocycles. The van der Waals surface area contributed by atoms with Gasteiger partial charge < -0.3 is 19.4 Å². The Morgan fingerprint density at radius 1 is 0.842 bits per heavy atom. The monoisotopic (exact) mass is 274 g/mol. The Morgan fingerprint density at radius 3 is 1.68 bits per heavy atom. The quantitative estimate of drug-likeness (QED) is 0.588. The highest BCUT2D eigenvalue weighted by Gasteiger charge is 1.92. The molecule has 0 aromatic heterocycles. The number of unbranched alkanes of at least 4 members (excludes halogenated alkanes) is 4. The van der Waals surface area contributed by atoms with Gasteiger partial charge in [-0.05, 0) is 39.5 Å². The van der Waals surface area contributed by atoms with E-state index >= 15 is 0 Å². The number of aliphatic hydroxyl groups excluding tert-OH is 1. The van der Waals surface area contributed by atoms with Crippen molar-refractivity contribution in [3.05, 3.63) is 0 Å². The average molecular weight is 274 g/mol. The molecule has 0 amide bonds. The molecule has 0 unspecified atom stereocenters. The predicted molar refractivity (Wildman–Crippen MR) is 77.3 cm³/mol. The minimum Gasteiger partial charge on any atom is -0.396 e. The Morgan fingerprint density at radius 2 is 1.32 bits per heavy atom. The van der Waals surface area contributed by atoms with E-state index in [9.17, 15) is 9.59 Å². The van der Waals surface area contributed by atoms with Gasteiger partial charge in [0, 0.05) is 33.2 Å². The van der Waals surface area contributed by atoms with Crippen molar-refractivity contribution in [1.29, 1.82) is 0 Å². The standard InChI is InChI=1S/C8H16O2.C7H14O2/c1-8(9)6-4-3-5-7-10-2;1-7(9)5-3-2-4-6-8/h3-7H2,1-2H3;8H,2-6H2,1H3. The molecule has 0 spiro atoms. The third kappa shape index (κ3) is 26.7. The van der Waals surface area contributed by atoms with Crippen LogP contribution < -0.4 is 0 Å². The molecule has 114 valence electrons. The summed E-state index contributed by atoms with van der Waals surface area (Å²) in [4.78, 5) is 20.8. The Hall–Kier alpha value is -0.740. The summed E-state index contributed by atoms with van der Waals surface area (Å²) >= 11 is 0. The van der Waals surface area contributed by atoms with E-state index in [1.165, 1.54) is 0 Å². The number of carbonyl (C=O) groups excluding carboxylic acids is 2. The highest BCUT2D eigenvalue weighted by atomic mass is 16.5. The average Bonchev–Trinajstić information content (AvgIpc) is 2.35. The first-order chi connectivity index (χ1) is 9.04. The lowest BCUT2D eigenvalue weighted by atomic mass is 10.1. The molecule has 0 saturated heterocycles. The van der Waals surface area contributed by atoms with Gasteiger partial charge in [0.2, 0.25) is 0 Å². The topological polar surface area (TPSA) is 63.6 Å². The lowest BCUT2D eigenvalue weighted by molar-refractivity contribution is -0.118. The molecule has 0 aliphatic carbocycles. The zero-order chi connectivity index (χ0) is 14.9. The van der Waals surface area contributed by atoms with Crippen LogP contribution in [0.2, 0.25) is 0 Å². The molecular weight excluding hydrogens is 244 g/mol. The van der Waals surface area contributed by atoms with Gasteiger partial charge in [-0.15, -0.1) is 0 Å². The fraction of sp³-hybridized carbons (Fsp3) is 0.867. The highest BCUT2D eigenvalue weighted by molar-refractivity contribution is 5.75. The maximum atomic E-state index is 10.4. The molecule has 0 aromatic rings. The second-order valence-electron chi connectivity index (χ2n) is 4.74. The van der Waals surface area contributed by atoms with Crippen molar-refractivity contribution in [2.45, 2.75) is 65.2 Å². The summed E-state index contributed by atoms with van der Waals surface area (Å²) in [5, 5.41) is 8.35. The molecule has 4 nitrogen and oxygen atoms in total. The summed E-state index contributed by atoms with van der Waals surface area (Å²) < 4.78 is 4.86. The van der Waals surface area contributed by atoms with Crippen molar-refractivity contribution in [1.82, 2.24) is 0 Å². The van der Waals surface area contributed by atoms with Gasteiger partial charge in [-0.3, -0.25) is 0 Å². The normalized spacial score (nSPS) is 9.68. The molecule has 0 aliphatic heterocycles. The summed E-state index contributed by atoms with van der Waals surface area (Å²) in [6.07, 6.45) is 7.30. The number of aliphatic hydroxyl groups is 1. The van der Waals surface area contributed by atoms with Crippen LogP contribution in [0.3, 0.4) is 0 Å². The number of hydrogen-bond acceptors (Lipinski definition) is 4. The van der Waals surface area contributed by atoms with Crippen molar-refractivity contribution in [2.75, 3.05) is 20.3 Å². The van der Waals surface area contributed by atoms with Crippen LogP contribution in [-0.4, -0.2) is 37.0 Å². The number of methoxy groups -OCH3 is 1. The van der Waals surface area contributed by atoms with Gasteiger partial charge in [-0.2, -0.15) is 0 Å². The van der Waals surface area contributed by atoms with Crippen LogP contribution >= 0.6 is 0 Å². The first-order valence-electron chi connectivity index (χ1n) is 7.13. The van der Waals surface area contributed by atoms with E-state index in [4.69, 9.17) is 9.84 Å². The number of carbonyl (C=O) groups is 2. The minimum absolute atomic E-state index is 0.243. The van der Waals surface area contributed by atoms with Crippen LogP contribution in [0.5, 0.6) is 0 Å². The second-order valence-corrected chi connectivity index (χ2v) is 4.74. The van der Waals surface area contributed by atoms with E-state index in [0.29, 0.717) is 6.42 Å². The molecule has 1 N–H and O–H groups in total. The van der Waals surface area contributed by atoms with E-state index in [1.807, 2.05) is 0 Å². The molecule has 4 heteroatoms. The van der Waals surface area contributed by atoms with Crippen LogP contribution in [0, 0.1) is 0 Å². The highest BCUT2D eigenvalue weighted by Crippen LogP contribution is 2.00. The van der Waals surface area contributed by atoms with Gasteiger partial charge in [0.05, 0.1) is 0 Å². The smallest absolute Gasteiger partial charge is 0.129 e. The Bertz CT molecular complexity index is 214.